The van der Waals surface area contributed by atoms with Crippen LogP contribution in [0.5, 0.6) is 0 Å². The van der Waals surface area contributed by atoms with E-state index in [0.717, 1.165) is 17.4 Å². The van der Waals surface area contributed by atoms with E-state index in [-0.39, 0.29) is 5.82 Å². The molecule has 5 radical (unpaired) electrons. The number of hydrogen-bond donors (Lipinski definition) is 0. The largest absolute Gasteiger partial charge is 0.384 e. The lowest BCUT2D eigenvalue weighted by atomic mass is 9.90. The van der Waals surface area contributed by atoms with Gasteiger partial charge in [0.05, 0.1) is 6.61 Å². The maximum atomic E-state index is 10.5. The molecule has 0 amide bonds. The lowest BCUT2D eigenvalue weighted by Gasteiger charge is -2.15. The second kappa shape index (κ2) is 5.23. The molecular formula is C12H11N2O3. The zero-order valence-electron chi connectivity index (χ0n) is 9.29. The second-order valence-electron chi connectivity index (χ2n) is 3.56. The Morgan fingerprint density at radius 3 is 2.82 bits per heavy atom. The van der Waals surface area contributed by atoms with E-state index >= 15 is 0 Å². The third-order valence-electron chi connectivity index (χ3n) is 2.45. The number of pyridine rings is 1. The van der Waals surface area contributed by atoms with Gasteiger partial charge in [-0.15, -0.1) is 0 Å². The molecule has 0 spiro atoms. The predicted molar refractivity (Wildman–Crippen MR) is 61.3 cm³/mol. The molecule has 0 bridgehead atoms. The van der Waals surface area contributed by atoms with Crippen LogP contribution in [0.25, 0.3) is 0 Å². The highest BCUT2D eigenvalue weighted by atomic mass is 16.6. The molecule has 1 aromatic heterocycles. The summed E-state index contributed by atoms with van der Waals surface area (Å²) >= 11 is 0. The molecule has 1 saturated carbocycles. The maximum absolute atomic E-state index is 10.5. The quantitative estimate of drug-likeness (QED) is 0.585. The van der Waals surface area contributed by atoms with Gasteiger partial charge >= 0.3 is 5.82 Å². The van der Waals surface area contributed by atoms with Crippen LogP contribution >= 0.6 is 0 Å². The smallest absolute Gasteiger partial charge is 0.363 e. The molecule has 5 heteroatoms. The first-order valence-corrected chi connectivity index (χ1v) is 5.06. The van der Waals surface area contributed by atoms with Gasteiger partial charge in [0, 0.05) is 30.6 Å². The fraction of sp³-hybridized carbons (Fsp3) is 0.167. The summed E-state index contributed by atoms with van der Waals surface area (Å²) in [6.45, 7) is 0.513. The highest BCUT2D eigenvalue weighted by Gasteiger charge is 2.31. The van der Waals surface area contributed by atoms with Gasteiger partial charge in [-0.1, -0.05) is 0 Å². The van der Waals surface area contributed by atoms with E-state index in [4.69, 9.17) is 4.74 Å². The van der Waals surface area contributed by atoms with E-state index in [9.17, 15) is 10.1 Å². The Labute approximate surface area is 100.0 Å². The van der Waals surface area contributed by atoms with Gasteiger partial charge < -0.3 is 14.9 Å². The van der Waals surface area contributed by atoms with Crippen molar-refractivity contribution in [2.75, 3.05) is 13.7 Å². The Balaban J connectivity index is 2.13. The summed E-state index contributed by atoms with van der Waals surface area (Å²) in [5.74, 6) is 1.89. The van der Waals surface area contributed by atoms with Crippen LogP contribution in [0.4, 0.5) is 5.82 Å². The third kappa shape index (κ3) is 2.61. The van der Waals surface area contributed by atoms with Crippen LogP contribution in [0, 0.1) is 41.2 Å². The molecule has 17 heavy (non-hydrogen) atoms. The average Bonchev–Trinajstić information content (AvgIpc) is 2.78. The molecule has 0 aliphatic heterocycles. The minimum Gasteiger partial charge on any atom is -0.384 e. The van der Waals surface area contributed by atoms with Gasteiger partial charge in [-0.25, -0.2) is 0 Å². The van der Waals surface area contributed by atoms with Crippen LogP contribution in [-0.2, 0) is 4.74 Å². The molecule has 1 aliphatic carbocycles. The first kappa shape index (κ1) is 12.0. The van der Waals surface area contributed by atoms with E-state index in [2.05, 4.69) is 4.98 Å². The standard InChI is InChI=1S/C12H11N2O3/c1-17-8-10-3-2-4-11(10)9-5-6-12(13-7-9)14(15)16/h2-7H,8H2,1H3. The van der Waals surface area contributed by atoms with Crippen LogP contribution in [0.2, 0.25) is 0 Å². The number of nitrogens with zero attached hydrogens (tertiary/aromatic N) is 2. The number of hydrogen-bond acceptors (Lipinski definition) is 4. The number of rotatable bonds is 4. The summed E-state index contributed by atoms with van der Waals surface area (Å²) in [6, 6.07) is 3.10. The molecule has 1 heterocycles. The second-order valence-corrected chi connectivity index (χ2v) is 3.56. The van der Waals surface area contributed by atoms with Gasteiger partial charge in [0.2, 0.25) is 0 Å². The van der Waals surface area contributed by atoms with Crippen molar-refractivity contribution in [1.29, 1.82) is 0 Å². The van der Waals surface area contributed by atoms with Crippen LogP contribution < -0.4 is 0 Å². The van der Waals surface area contributed by atoms with Gasteiger partial charge in [0.25, 0.3) is 0 Å². The fourth-order valence-corrected chi connectivity index (χ4v) is 1.67. The zero-order valence-corrected chi connectivity index (χ0v) is 9.29. The number of aromatic nitrogens is 1. The van der Waals surface area contributed by atoms with Gasteiger partial charge in [0.1, 0.15) is 6.20 Å². The molecule has 0 N–H and O–H groups in total. The van der Waals surface area contributed by atoms with Crippen molar-refractivity contribution in [2.24, 2.45) is 0 Å². The van der Waals surface area contributed by atoms with E-state index in [0.29, 0.717) is 6.61 Å². The lowest BCUT2D eigenvalue weighted by Crippen LogP contribution is -2.11. The topological polar surface area (TPSA) is 65.3 Å². The molecule has 87 valence electrons. The monoisotopic (exact) mass is 231 g/mol. The highest BCUT2D eigenvalue weighted by Crippen LogP contribution is 2.38. The van der Waals surface area contributed by atoms with Crippen LogP contribution in [0.15, 0.2) is 18.3 Å². The molecule has 0 atom stereocenters. The van der Waals surface area contributed by atoms with Gasteiger partial charge in [0.15, 0.2) is 0 Å². The number of methoxy groups -OCH3 is 1. The molecule has 1 aromatic rings. The molecule has 5 nitrogen and oxygen atoms in total. The highest BCUT2D eigenvalue weighted by molar-refractivity contribution is 5.55. The van der Waals surface area contributed by atoms with E-state index in [1.165, 1.54) is 12.3 Å². The first-order chi connectivity index (χ1) is 8.22. The minimum atomic E-state index is -0.509. The minimum absolute atomic E-state index is 0.145. The van der Waals surface area contributed by atoms with Crippen molar-refractivity contribution in [3.8, 4) is 0 Å². The Bertz CT molecular complexity index is 391. The van der Waals surface area contributed by atoms with Crippen molar-refractivity contribution in [2.45, 2.75) is 0 Å². The normalized spacial score (nSPS) is 17.5. The summed E-state index contributed by atoms with van der Waals surface area (Å²) in [5, 5.41) is 10.5. The predicted octanol–water partition coefficient (Wildman–Crippen LogP) is 1.76. The molecule has 0 unspecified atom stereocenters. The number of ether oxygens (including phenoxy) is 1. The zero-order chi connectivity index (χ0) is 12.3. The van der Waals surface area contributed by atoms with Crippen molar-refractivity contribution >= 4 is 5.82 Å². The Kier molecular flexibility index (Phi) is 3.68. The van der Waals surface area contributed by atoms with Crippen LogP contribution in [0.3, 0.4) is 0 Å². The van der Waals surface area contributed by atoms with Crippen molar-refractivity contribution in [1.82, 2.24) is 4.98 Å². The molecular weight excluding hydrogens is 220 g/mol. The average molecular weight is 231 g/mol. The summed E-state index contributed by atoms with van der Waals surface area (Å²) in [5.41, 5.74) is 0.854. The number of nitro groups is 1. The molecule has 1 fully saturated rings. The van der Waals surface area contributed by atoms with Gasteiger partial charge in [-0.3, -0.25) is 0 Å². The molecule has 0 saturated heterocycles. The van der Waals surface area contributed by atoms with Gasteiger partial charge in [-0.2, -0.15) is 0 Å². The van der Waals surface area contributed by atoms with Crippen LogP contribution in [-0.4, -0.2) is 23.6 Å². The molecule has 2 rings (SSSR count). The summed E-state index contributed by atoms with van der Waals surface area (Å²) in [7, 11) is 1.63. The van der Waals surface area contributed by atoms with Crippen molar-refractivity contribution in [3.05, 3.63) is 65.1 Å². The summed E-state index contributed by atoms with van der Waals surface area (Å²) in [6.07, 6.45) is 7.33. The Hall–Kier alpha value is -1.49. The molecule has 0 aromatic carbocycles. The van der Waals surface area contributed by atoms with E-state index < -0.39 is 4.92 Å². The Morgan fingerprint density at radius 1 is 1.41 bits per heavy atom. The summed E-state index contributed by atoms with van der Waals surface area (Å²) in [4.78, 5) is 13.8. The third-order valence-corrected chi connectivity index (χ3v) is 2.45. The van der Waals surface area contributed by atoms with E-state index in [1.54, 1.807) is 13.2 Å². The fourth-order valence-electron chi connectivity index (χ4n) is 1.67. The first-order valence-electron chi connectivity index (χ1n) is 5.06. The van der Waals surface area contributed by atoms with Gasteiger partial charge in [-0.05, 0) is 35.2 Å². The Morgan fingerprint density at radius 2 is 2.24 bits per heavy atom. The molecule has 1 aliphatic rings. The van der Waals surface area contributed by atoms with E-state index in [1.807, 2.05) is 19.3 Å². The summed E-state index contributed by atoms with van der Waals surface area (Å²) < 4.78 is 5.08. The lowest BCUT2D eigenvalue weighted by molar-refractivity contribution is -0.389. The van der Waals surface area contributed by atoms with Crippen molar-refractivity contribution in [3.63, 3.8) is 0 Å². The SMILES string of the molecule is COC[C]1[CH][CH][CH][C]1c1ccc([N+](=O)[O-])nc1. The maximum Gasteiger partial charge on any atom is 0.363 e. The van der Waals surface area contributed by atoms with Crippen LogP contribution in [0.1, 0.15) is 5.56 Å². The van der Waals surface area contributed by atoms with Crippen molar-refractivity contribution < 1.29 is 9.66 Å².